The second-order valence-electron chi connectivity index (χ2n) is 11.3. The lowest BCUT2D eigenvalue weighted by Crippen LogP contribution is -2.40. The summed E-state index contributed by atoms with van der Waals surface area (Å²) < 4.78 is 6.27. The van der Waals surface area contributed by atoms with Gasteiger partial charge in [0, 0.05) is 6.61 Å². The van der Waals surface area contributed by atoms with E-state index in [9.17, 15) is 0 Å². The molecule has 0 amide bonds. The van der Waals surface area contributed by atoms with Gasteiger partial charge < -0.3 is 4.43 Å². The topological polar surface area (TPSA) is 9.23 Å². The fraction of sp³-hybridized carbons (Fsp3) is 0.931. The molecule has 0 aromatic carbocycles. The van der Waals surface area contributed by atoms with Crippen LogP contribution in [0.2, 0.25) is 18.1 Å². The van der Waals surface area contributed by atoms with Crippen molar-refractivity contribution in [3.05, 3.63) is 12.2 Å². The first-order valence-electron chi connectivity index (χ1n) is 14.1. The molecule has 0 radical (unpaired) electrons. The summed E-state index contributed by atoms with van der Waals surface area (Å²) in [6.45, 7) is 15.0. The van der Waals surface area contributed by atoms with Crippen LogP contribution in [0.1, 0.15) is 150 Å². The second-order valence-corrected chi connectivity index (χ2v) is 16.1. The number of hydrogen-bond acceptors (Lipinski definition) is 1. The number of hydrogen-bond donors (Lipinski definition) is 0. The van der Waals surface area contributed by atoms with Gasteiger partial charge in [-0.3, -0.25) is 0 Å². The third-order valence-electron chi connectivity index (χ3n) is 7.18. The van der Waals surface area contributed by atoms with Crippen molar-refractivity contribution in [2.24, 2.45) is 0 Å². The Balaban J connectivity index is 3.22. The van der Waals surface area contributed by atoms with E-state index in [1.807, 2.05) is 0 Å². The van der Waals surface area contributed by atoms with Crippen molar-refractivity contribution in [1.82, 2.24) is 0 Å². The van der Waals surface area contributed by atoms with Crippen LogP contribution in [0.3, 0.4) is 0 Å². The largest absolute Gasteiger partial charge is 0.417 e. The molecule has 0 rings (SSSR count). The summed E-state index contributed by atoms with van der Waals surface area (Å²) in [6, 6.07) is 0. The van der Waals surface area contributed by atoms with Crippen molar-refractivity contribution in [2.45, 2.75) is 168 Å². The fourth-order valence-corrected chi connectivity index (χ4v) is 4.86. The first kappa shape index (κ1) is 30.9. The van der Waals surface area contributed by atoms with Crippen LogP contribution in [0.4, 0.5) is 0 Å². The molecule has 31 heavy (non-hydrogen) atoms. The van der Waals surface area contributed by atoms with Gasteiger partial charge in [-0.15, -0.1) is 0 Å². The maximum atomic E-state index is 6.27. The quantitative estimate of drug-likeness (QED) is 0.0901. The third-order valence-corrected chi connectivity index (χ3v) is 11.7. The highest BCUT2D eigenvalue weighted by molar-refractivity contribution is 6.74. The lowest BCUT2D eigenvalue weighted by Gasteiger charge is -2.36. The minimum Gasteiger partial charge on any atom is -0.417 e. The summed E-state index contributed by atoms with van der Waals surface area (Å²) in [7, 11) is -1.52. The minimum atomic E-state index is -1.52. The van der Waals surface area contributed by atoms with E-state index in [4.69, 9.17) is 4.43 Å². The molecule has 0 aliphatic carbocycles. The summed E-state index contributed by atoms with van der Waals surface area (Å²) in [6.07, 6.45) is 31.4. The Morgan fingerprint density at radius 3 is 1.29 bits per heavy atom. The molecule has 0 aromatic rings. The Morgan fingerprint density at radius 2 is 0.903 bits per heavy atom. The predicted octanol–water partition coefficient (Wildman–Crippen LogP) is 11.0. The molecule has 0 spiro atoms. The van der Waals surface area contributed by atoms with Crippen LogP contribution >= 0.6 is 0 Å². The van der Waals surface area contributed by atoms with Gasteiger partial charge in [-0.2, -0.15) is 0 Å². The third kappa shape index (κ3) is 20.3. The zero-order chi connectivity index (χ0) is 23.3. The molecule has 0 N–H and O–H groups in total. The van der Waals surface area contributed by atoms with E-state index in [1.165, 1.54) is 122 Å². The van der Waals surface area contributed by atoms with Crippen molar-refractivity contribution < 1.29 is 4.43 Å². The van der Waals surface area contributed by atoms with Crippen molar-refractivity contribution in [3.8, 4) is 0 Å². The zero-order valence-corrected chi connectivity index (χ0v) is 23.7. The van der Waals surface area contributed by atoms with Crippen LogP contribution in [0.5, 0.6) is 0 Å². The van der Waals surface area contributed by atoms with Gasteiger partial charge in [-0.05, 0) is 50.2 Å². The van der Waals surface area contributed by atoms with Gasteiger partial charge in [0.05, 0.1) is 0 Å². The van der Waals surface area contributed by atoms with Gasteiger partial charge in [0.25, 0.3) is 0 Å². The predicted molar refractivity (Wildman–Crippen MR) is 146 cm³/mol. The molecule has 0 unspecified atom stereocenters. The van der Waals surface area contributed by atoms with Gasteiger partial charge in [0.2, 0.25) is 0 Å². The van der Waals surface area contributed by atoms with Crippen LogP contribution in [0.15, 0.2) is 12.2 Å². The molecule has 0 aliphatic rings. The van der Waals surface area contributed by atoms with E-state index in [-0.39, 0.29) is 0 Å². The maximum Gasteiger partial charge on any atom is 0.191 e. The standard InChI is InChI=1S/C29H60OSi/c1-7-8-9-10-11-12-13-14-15-16-17-18-19-20-21-22-23-24-25-26-27-28-30-31(5,6)29(2,3)4/h13-14H,7-12,15-28H2,1-6H3/b14-13-. The van der Waals surface area contributed by atoms with Crippen LogP contribution in [-0.2, 0) is 4.43 Å². The first-order valence-corrected chi connectivity index (χ1v) is 17.0. The molecule has 2 heteroatoms. The van der Waals surface area contributed by atoms with E-state index >= 15 is 0 Å². The van der Waals surface area contributed by atoms with Crippen LogP contribution in [0, 0.1) is 0 Å². The normalized spacial score (nSPS) is 12.8. The summed E-state index contributed by atoms with van der Waals surface area (Å²) in [4.78, 5) is 0. The molecule has 0 fully saturated rings. The van der Waals surface area contributed by atoms with Gasteiger partial charge in [0.1, 0.15) is 0 Å². The summed E-state index contributed by atoms with van der Waals surface area (Å²) in [5, 5.41) is 0.345. The summed E-state index contributed by atoms with van der Waals surface area (Å²) in [5.74, 6) is 0. The lowest BCUT2D eigenvalue weighted by molar-refractivity contribution is 0.277. The van der Waals surface area contributed by atoms with E-state index < -0.39 is 8.32 Å². The van der Waals surface area contributed by atoms with Gasteiger partial charge in [-0.1, -0.05) is 130 Å². The Labute approximate surface area is 199 Å². The molecule has 0 heterocycles. The minimum absolute atomic E-state index is 0.345. The molecule has 0 aliphatic heterocycles. The van der Waals surface area contributed by atoms with Crippen LogP contribution < -0.4 is 0 Å². The van der Waals surface area contributed by atoms with E-state index in [0.29, 0.717) is 5.04 Å². The molecule has 0 bridgehead atoms. The Hall–Kier alpha value is -0.0831. The summed E-state index contributed by atoms with van der Waals surface area (Å²) in [5.41, 5.74) is 0. The highest BCUT2D eigenvalue weighted by Gasteiger charge is 2.36. The van der Waals surface area contributed by atoms with Crippen molar-refractivity contribution in [3.63, 3.8) is 0 Å². The van der Waals surface area contributed by atoms with Gasteiger partial charge >= 0.3 is 0 Å². The van der Waals surface area contributed by atoms with E-state index in [1.54, 1.807) is 0 Å². The van der Waals surface area contributed by atoms with Crippen molar-refractivity contribution in [2.75, 3.05) is 6.61 Å². The molecule has 0 aromatic heterocycles. The SMILES string of the molecule is CCCCCCC/C=C\CCCCCCCCCCCCCCO[Si](C)(C)C(C)(C)C. The Morgan fingerprint density at radius 1 is 0.548 bits per heavy atom. The first-order chi connectivity index (χ1) is 14.8. The van der Waals surface area contributed by atoms with E-state index in [0.717, 1.165) is 6.61 Å². The number of allylic oxidation sites excluding steroid dienone is 2. The van der Waals surface area contributed by atoms with Gasteiger partial charge in [0.15, 0.2) is 8.32 Å². The number of unbranched alkanes of at least 4 members (excludes halogenated alkanes) is 17. The number of rotatable bonds is 22. The monoisotopic (exact) mass is 452 g/mol. The molecular formula is C29H60OSi. The molecule has 1 nitrogen and oxygen atoms in total. The molecule has 0 saturated carbocycles. The average Bonchev–Trinajstić information content (AvgIpc) is 2.71. The second kappa shape index (κ2) is 20.5. The molecule has 0 atom stereocenters. The average molecular weight is 453 g/mol. The van der Waals surface area contributed by atoms with Crippen LogP contribution in [0.25, 0.3) is 0 Å². The Bertz CT molecular complexity index is 394. The van der Waals surface area contributed by atoms with Crippen molar-refractivity contribution in [1.29, 1.82) is 0 Å². The molecule has 186 valence electrons. The smallest absolute Gasteiger partial charge is 0.191 e. The highest BCUT2D eigenvalue weighted by Crippen LogP contribution is 2.36. The highest BCUT2D eigenvalue weighted by atomic mass is 28.4. The van der Waals surface area contributed by atoms with Gasteiger partial charge in [-0.25, -0.2) is 0 Å². The summed E-state index contributed by atoms with van der Waals surface area (Å²) >= 11 is 0. The lowest BCUT2D eigenvalue weighted by atomic mass is 10.0. The van der Waals surface area contributed by atoms with Crippen LogP contribution in [-0.4, -0.2) is 14.9 Å². The molecular weight excluding hydrogens is 392 g/mol. The van der Waals surface area contributed by atoms with Crippen molar-refractivity contribution >= 4 is 8.32 Å². The Kier molecular flexibility index (Phi) is 20.5. The van der Waals surface area contributed by atoms with E-state index in [2.05, 4.69) is 52.9 Å². The fourth-order valence-electron chi connectivity index (χ4n) is 3.78. The zero-order valence-electron chi connectivity index (χ0n) is 22.7. The molecule has 0 saturated heterocycles. The maximum absolute atomic E-state index is 6.27.